The van der Waals surface area contributed by atoms with Gasteiger partial charge in [-0.2, -0.15) is 0 Å². The Labute approximate surface area is 256 Å². The second kappa shape index (κ2) is 11.0. The van der Waals surface area contributed by atoms with E-state index in [0.29, 0.717) is 17.5 Å². The highest BCUT2D eigenvalue weighted by molar-refractivity contribution is 5.97. The lowest BCUT2D eigenvalue weighted by Gasteiger charge is -2.11. The number of benzene rings is 7. The molecule has 7 aromatic carbocycles. The quantitative estimate of drug-likeness (QED) is 0.210. The fourth-order valence-electron chi connectivity index (χ4n) is 5.84. The van der Waals surface area contributed by atoms with Crippen LogP contribution < -0.4 is 0 Å². The summed E-state index contributed by atoms with van der Waals surface area (Å²) in [6.07, 6.45) is 0. The molecule has 8 aromatic rings. The van der Waals surface area contributed by atoms with Crippen LogP contribution >= 0.6 is 0 Å². The van der Waals surface area contributed by atoms with Gasteiger partial charge in [-0.3, -0.25) is 0 Å². The van der Waals surface area contributed by atoms with Crippen LogP contribution in [0.1, 0.15) is 0 Å². The molecular formula is C41H27N3. The normalized spacial score (nSPS) is 11.2. The summed E-state index contributed by atoms with van der Waals surface area (Å²) in [5.41, 5.74) is 7.56. The van der Waals surface area contributed by atoms with Crippen LogP contribution in [0.15, 0.2) is 164 Å². The molecule has 0 aliphatic rings. The van der Waals surface area contributed by atoms with Gasteiger partial charge in [-0.15, -0.1) is 0 Å². The lowest BCUT2D eigenvalue weighted by atomic mass is 9.96. The van der Waals surface area contributed by atoms with E-state index in [1.54, 1.807) is 0 Å². The fraction of sp³-hybridized carbons (Fsp3) is 0. The molecule has 3 heteroatoms. The number of fused-ring (bicyclic) bond motifs is 2. The van der Waals surface area contributed by atoms with Crippen LogP contribution in [-0.2, 0) is 0 Å². The Hall–Kier alpha value is -5.93. The van der Waals surface area contributed by atoms with E-state index in [0.717, 1.165) is 33.2 Å². The summed E-state index contributed by atoms with van der Waals surface area (Å²) in [5.74, 6) is 1.96. The van der Waals surface area contributed by atoms with E-state index in [1.807, 2.05) is 30.3 Å². The third-order valence-electron chi connectivity index (χ3n) is 8.11. The van der Waals surface area contributed by atoms with E-state index < -0.39 is 0 Å². The first-order valence-electron chi connectivity index (χ1n) is 14.8. The molecule has 0 saturated heterocycles. The zero-order valence-corrected chi connectivity index (χ0v) is 23.9. The number of hydrogen-bond donors (Lipinski definition) is 0. The average Bonchev–Trinajstić information content (AvgIpc) is 3.11. The van der Waals surface area contributed by atoms with Gasteiger partial charge in [-0.05, 0) is 55.9 Å². The van der Waals surface area contributed by atoms with E-state index in [9.17, 15) is 0 Å². The van der Waals surface area contributed by atoms with E-state index in [4.69, 9.17) is 15.0 Å². The van der Waals surface area contributed by atoms with Crippen molar-refractivity contribution in [2.45, 2.75) is 0 Å². The molecule has 3 nitrogen and oxygen atoms in total. The highest BCUT2D eigenvalue weighted by Gasteiger charge is 2.14. The molecule has 0 saturated carbocycles. The summed E-state index contributed by atoms with van der Waals surface area (Å²) >= 11 is 0. The first-order valence-corrected chi connectivity index (χ1v) is 14.8. The molecule has 0 aliphatic heterocycles. The van der Waals surface area contributed by atoms with Crippen LogP contribution in [0.4, 0.5) is 0 Å². The van der Waals surface area contributed by atoms with Crippen molar-refractivity contribution in [3.63, 3.8) is 0 Å². The van der Waals surface area contributed by atoms with Crippen LogP contribution in [0.2, 0.25) is 0 Å². The molecule has 0 N–H and O–H groups in total. The Morgan fingerprint density at radius 1 is 0.273 bits per heavy atom. The predicted octanol–water partition coefficient (Wildman–Crippen LogP) is 10.5. The molecule has 1 aromatic heterocycles. The van der Waals surface area contributed by atoms with Gasteiger partial charge in [0.25, 0.3) is 0 Å². The maximum absolute atomic E-state index is 5.00. The number of rotatable bonds is 5. The molecule has 206 valence electrons. The summed E-state index contributed by atoms with van der Waals surface area (Å²) < 4.78 is 0. The lowest BCUT2D eigenvalue weighted by Crippen LogP contribution is -2.00. The minimum absolute atomic E-state index is 0.649. The first-order chi connectivity index (χ1) is 21.8. The Morgan fingerprint density at radius 2 is 0.795 bits per heavy atom. The second-order valence-corrected chi connectivity index (χ2v) is 10.9. The largest absolute Gasteiger partial charge is 0.208 e. The van der Waals surface area contributed by atoms with Gasteiger partial charge in [0.2, 0.25) is 0 Å². The van der Waals surface area contributed by atoms with Crippen molar-refractivity contribution in [1.82, 2.24) is 15.0 Å². The van der Waals surface area contributed by atoms with Crippen molar-refractivity contribution in [3.05, 3.63) is 164 Å². The zero-order valence-electron chi connectivity index (χ0n) is 23.9. The maximum atomic E-state index is 5.00. The van der Waals surface area contributed by atoms with E-state index >= 15 is 0 Å². The second-order valence-electron chi connectivity index (χ2n) is 10.9. The van der Waals surface area contributed by atoms with Gasteiger partial charge < -0.3 is 0 Å². The van der Waals surface area contributed by atoms with Crippen LogP contribution in [0.3, 0.4) is 0 Å². The van der Waals surface area contributed by atoms with Crippen LogP contribution in [0.5, 0.6) is 0 Å². The minimum atomic E-state index is 0.649. The molecule has 0 unspecified atom stereocenters. The Bertz CT molecular complexity index is 2270. The maximum Gasteiger partial charge on any atom is 0.164 e. The molecule has 0 amide bonds. The molecule has 0 atom stereocenters. The summed E-state index contributed by atoms with van der Waals surface area (Å²) in [6.45, 7) is 0. The van der Waals surface area contributed by atoms with E-state index in [-0.39, 0.29) is 0 Å². The van der Waals surface area contributed by atoms with Crippen molar-refractivity contribution < 1.29 is 0 Å². The van der Waals surface area contributed by atoms with Crippen LogP contribution in [-0.4, -0.2) is 15.0 Å². The van der Waals surface area contributed by atoms with Crippen molar-refractivity contribution in [2.24, 2.45) is 0 Å². The number of hydrogen-bond acceptors (Lipinski definition) is 3. The van der Waals surface area contributed by atoms with Gasteiger partial charge in [0.15, 0.2) is 17.5 Å². The summed E-state index contributed by atoms with van der Waals surface area (Å²) in [5, 5.41) is 4.85. The van der Waals surface area contributed by atoms with Gasteiger partial charge >= 0.3 is 0 Å². The number of nitrogens with zero attached hydrogens (tertiary/aromatic N) is 3. The van der Waals surface area contributed by atoms with Gasteiger partial charge in [0.05, 0.1) is 0 Å². The molecule has 44 heavy (non-hydrogen) atoms. The lowest BCUT2D eigenvalue weighted by molar-refractivity contribution is 1.07. The van der Waals surface area contributed by atoms with Crippen molar-refractivity contribution in [1.29, 1.82) is 0 Å². The predicted molar refractivity (Wildman–Crippen MR) is 182 cm³/mol. The van der Waals surface area contributed by atoms with Crippen LogP contribution in [0.25, 0.3) is 78.0 Å². The van der Waals surface area contributed by atoms with E-state index in [2.05, 4.69) is 133 Å². The Morgan fingerprint density at radius 3 is 1.59 bits per heavy atom. The van der Waals surface area contributed by atoms with Crippen molar-refractivity contribution in [2.75, 3.05) is 0 Å². The zero-order chi connectivity index (χ0) is 29.3. The van der Waals surface area contributed by atoms with Crippen LogP contribution in [0, 0.1) is 0 Å². The first kappa shape index (κ1) is 25.8. The monoisotopic (exact) mass is 561 g/mol. The Balaban J connectivity index is 1.19. The molecule has 0 aliphatic carbocycles. The van der Waals surface area contributed by atoms with Gasteiger partial charge in [-0.25, -0.2) is 15.0 Å². The summed E-state index contributed by atoms with van der Waals surface area (Å²) in [7, 11) is 0. The number of aromatic nitrogens is 3. The third kappa shape index (κ3) is 4.91. The topological polar surface area (TPSA) is 38.7 Å². The van der Waals surface area contributed by atoms with E-state index in [1.165, 1.54) is 27.3 Å². The molecule has 0 bridgehead atoms. The summed E-state index contributed by atoms with van der Waals surface area (Å²) in [6, 6.07) is 57.1. The van der Waals surface area contributed by atoms with Crippen molar-refractivity contribution >= 4 is 21.5 Å². The molecule has 0 spiro atoms. The molecular weight excluding hydrogens is 534 g/mol. The Kier molecular flexibility index (Phi) is 6.47. The SMILES string of the molecule is c1ccc(-c2nc(-c3cccc(-c4ccc(-c5cccc6ccccc56)cc4)c3)nc(-c3ccc4ccccc4c3)n2)cc1. The molecule has 0 radical (unpaired) electrons. The smallest absolute Gasteiger partial charge is 0.164 e. The van der Waals surface area contributed by atoms with Gasteiger partial charge in [0.1, 0.15) is 0 Å². The highest BCUT2D eigenvalue weighted by atomic mass is 15.0. The molecule has 8 rings (SSSR count). The van der Waals surface area contributed by atoms with Gasteiger partial charge in [0, 0.05) is 16.7 Å². The summed E-state index contributed by atoms with van der Waals surface area (Å²) in [4.78, 5) is 14.9. The minimum Gasteiger partial charge on any atom is -0.208 e. The van der Waals surface area contributed by atoms with Gasteiger partial charge in [-0.1, -0.05) is 152 Å². The average molecular weight is 562 g/mol. The standard InChI is InChI=1S/C41H27N3/c1-2-12-32(13-3-1)39-42-40(44-41(43-39)36-25-22-28-10-4-5-14-33(28)27-36)35-17-8-16-34(26-35)29-20-23-31(24-21-29)38-19-9-15-30-11-6-7-18-37(30)38/h1-27H. The molecule has 1 heterocycles. The fourth-order valence-corrected chi connectivity index (χ4v) is 5.84. The van der Waals surface area contributed by atoms with Crippen molar-refractivity contribution in [3.8, 4) is 56.4 Å². The highest BCUT2D eigenvalue weighted by Crippen LogP contribution is 2.32. The molecule has 0 fully saturated rings. The third-order valence-corrected chi connectivity index (χ3v) is 8.11.